The molecule has 0 saturated heterocycles. The Labute approximate surface area is 230 Å². The number of halogens is 1. The molecule has 0 aliphatic carbocycles. The maximum Gasteiger partial charge on any atom is 0.196 e. The molecule has 0 spiro atoms. The summed E-state index contributed by atoms with van der Waals surface area (Å²) < 4.78 is 1.98. The van der Waals surface area contributed by atoms with E-state index in [4.69, 9.17) is 11.6 Å². The Morgan fingerprint density at radius 2 is 1.76 bits per heavy atom. The summed E-state index contributed by atoms with van der Waals surface area (Å²) in [5, 5.41) is 11.4. The van der Waals surface area contributed by atoms with Gasteiger partial charge in [0.2, 0.25) is 0 Å². The Balaban J connectivity index is 1.33. The van der Waals surface area contributed by atoms with Crippen LogP contribution in [0.2, 0.25) is 5.02 Å². The molecule has 0 saturated carbocycles. The van der Waals surface area contributed by atoms with E-state index in [1.807, 2.05) is 72.4 Å². The maximum absolute atomic E-state index is 13.3. The molecule has 6 rings (SSSR count). The van der Waals surface area contributed by atoms with Crippen LogP contribution in [0.1, 0.15) is 19.4 Å². The monoisotopic (exact) mass is 539 g/mol. The number of para-hydroxylation sites is 2. The third-order valence-electron chi connectivity index (χ3n) is 7.13. The summed E-state index contributed by atoms with van der Waals surface area (Å²) in [6.07, 6.45) is 3.72. The van der Waals surface area contributed by atoms with Crippen molar-refractivity contribution in [3.63, 3.8) is 0 Å². The molecular weight excluding hydrogens is 514 g/mol. The van der Waals surface area contributed by atoms with E-state index in [-0.39, 0.29) is 17.0 Å². The second kappa shape index (κ2) is 9.49. The van der Waals surface area contributed by atoms with Crippen LogP contribution in [0, 0.1) is 0 Å². The summed E-state index contributed by atoms with van der Waals surface area (Å²) in [7, 11) is 2.02. The zero-order valence-electron chi connectivity index (χ0n) is 21.3. The van der Waals surface area contributed by atoms with Gasteiger partial charge < -0.3 is 9.88 Å². The highest BCUT2D eigenvalue weighted by Gasteiger charge is 2.38. The van der Waals surface area contributed by atoms with Gasteiger partial charge in [0.25, 0.3) is 0 Å². The summed E-state index contributed by atoms with van der Waals surface area (Å²) in [5.74, 6) is 0.964. The van der Waals surface area contributed by atoms with Crippen LogP contribution in [0.25, 0.3) is 28.0 Å². The Hall–Kier alpha value is -3.81. The van der Waals surface area contributed by atoms with Crippen LogP contribution >= 0.6 is 23.4 Å². The fourth-order valence-electron chi connectivity index (χ4n) is 5.21. The normalized spacial score (nSPS) is 15.4. The van der Waals surface area contributed by atoms with E-state index in [1.165, 1.54) is 17.3 Å². The molecule has 0 radical (unpaired) electrons. The molecule has 0 amide bonds. The zero-order valence-corrected chi connectivity index (χ0v) is 22.8. The van der Waals surface area contributed by atoms with Gasteiger partial charge in [-0.1, -0.05) is 73.6 Å². The number of aromatic amines is 1. The molecule has 2 aromatic heterocycles. The fourth-order valence-corrected chi connectivity index (χ4v) is 6.11. The number of fused-ring (bicyclic) bond motifs is 2. The van der Waals surface area contributed by atoms with Crippen molar-refractivity contribution in [3.8, 4) is 17.1 Å². The van der Waals surface area contributed by atoms with E-state index in [2.05, 4.69) is 52.1 Å². The van der Waals surface area contributed by atoms with Crippen molar-refractivity contribution >= 4 is 45.7 Å². The third-order valence-corrected chi connectivity index (χ3v) is 8.33. The molecule has 6 nitrogen and oxygen atoms in total. The van der Waals surface area contributed by atoms with Crippen molar-refractivity contribution in [1.82, 2.24) is 19.7 Å². The Morgan fingerprint density at radius 3 is 2.55 bits per heavy atom. The van der Waals surface area contributed by atoms with Crippen LogP contribution in [0.5, 0.6) is 0 Å². The Morgan fingerprint density at radius 1 is 1.03 bits per heavy atom. The van der Waals surface area contributed by atoms with Crippen molar-refractivity contribution < 1.29 is 4.79 Å². The predicted octanol–water partition coefficient (Wildman–Crippen LogP) is 7.04. The van der Waals surface area contributed by atoms with E-state index >= 15 is 0 Å². The lowest BCUT2D eigenvalue weighted by Gasteiger charge is -2.23. The molecular formula is C30H26ClN5OS. The molecule has 1 aliphatic rings. The summed E-state index contributed by atoms with van der Waals surface area (Å²) in [6.45, 7) is 4.32. The van der Waals surface area contributed by atoms with Crippen LogP contribution in [-0.4, -0.2) is 38.3 Å². The highest BCUT2D eigenvalue weighted by atomic mass is 35.5. The van der Waals surface area contributed by atoms with Crippen molar-refractivity contribution in [2.75, 3.05) is 17.7 Å². The Bertz CT molecular complexity index is 1700. The van der Waals surface area contributed by atoms with Gasteiger partial charge in [-0.05, 0) is 42.0 Å². The molecule has 0 fully saturated rings. The standard InChI is InChI=1S/C30H26ClN5OS/c1-30(2)24-9-5-7-11-26(24)35(3)27(30)16-21(37)18-38-29-34-33-28(36(29)20-14-12-19(31)13-15-20)23-17-32-25-10-6-4-8-22(23)25/h4-17,32H,18H2,1-3H3/b27-16+. The van der Waals surface area contributed by atoms with Gasteiger partial charge in [0.1, 0.15) is 0 Å². The van der Waals surface area contributed by atoms with Gasteiger partial charge in [-0.15, -0.1) is 10.2 Å². The molecule has 8 heteroatoms. The fraction of sp³-hybridized carbons (Fsp3) is 0.167. The van der Waals surface area contributed by atoms with Gasteiger partial charge in [0.15, 0.2) is 16.8 Å². The highest BCUT2D eigenvalue weighted by molar-refractivity contribution is 7.99. The molecule has 0 atom stereocenters. The molecule has 0 unspecified atom stereocenters. The lowest BCUT2D eigenvalue weighted by atomic mass is 9.83. The largest absolute Gasteiger partial charge is 0.360 e. The molecule has 0 bridgehead atoms. The van der Waals surface area contributed by atoms with E-state index in [9.17, 15) is 4.79 Å². The van der Waals surface area contributed by atoms with Crippen LogP contribution in [0.4, 0.5) is 5.69 Å². The summed E-state index contributed by atoms with van der Waals surface area (Å²) in [4.78, 5) is 18.7. The molecule has 5 aromatic rings. The maximum atomic E-state index is 13.3. The van der Waals surface area contributed by atoms with E-state index in [1.54, 1.807) is 6.08 Å². The SMILES string of the molecule is CN1/C(=C/C(=O)CSc2nnc(-c3c[nH]c4ccccc34)n2-c2ccc(Cl)cc2)C(C)(C)c2ccccc21. The molecule has 38 heavy (non-hydrogen) atoms. The second-order valence-electron chi connectivity index (χ2n) is 9.85. The Kier molecular flexibility index (Phi) is 6.13. The number of anilines is 1. The number of hydrogen-bond acceptors (Lipinski definition) is 5. The van der Waals surface area contributed by atoms with Gasteiger partial charge in [0.05, 0.1) is 5.75 Å². The smallest absolute Gasteiger partial charge is 0.196 e. The lowest BCUT2D eigenvalue weighted by Crippen LogP contribution is -2.24. The van der Waals surface area contributed by atoms with Crippen LogP contribution in [-0.2, 0) is 10.2 Å². The molecule has 1 N–H and O–H groups in total. The molecule has 190 valence electrons. The number of carbonyl (C=O) groups is 1. The third kappa shape index (κ3) is 4.12. The van der Waals surface area contributed by atoms with Crippen molar-refractivity contribution in [1.29, 1.82) is 0 Å². The van der Waals surface area contributed by atoms with Gasteiger partial charge in [0, 0.05) is 63.3 Å². The van der Waals surface area contributed by atoms with Gasteiger partial charge in [-0.3, -0.25) is 9.36 Å². The van der Waals surface area contributed by atoms with Crippen LogP contribution < -0.4 is 4.90 Å². The van der Waals surface area contributed by atoms with Crippen molar-refractivity contribution in [3.05, 3.63) is 101 Å². The predicted molar refractivity (Wildman–Crippen MR) is 155 cm³/mol. The number of hydrogen-bond donors (Lipinski definition) is 1. The minimum atomic E-state index is -0.252. The van der Waals surface area contributed by atoms with Gasteiger partial charge in [-0.2, -0.15) is 0 Å². The van der Waals surface area contributed by atoms with Gasteiger partial charge >= 0.3 is 0 Å². The zero-order chi connectivity index (χ0) is 26.4. The quantitative estimate of drug-likeness (QED) is 0.185. The summed E-state index contributed by atoms with van der Waals surface area (Å²) in [5.41, 5.74) is 5.93. The number of allylic oxidation sites excluding steroid dienone is 2. The highest BCUT2D eigenvalue weighted by Crippen LogP contribution is 2.46. The number of likely N-dealkylation sites (N-methyl/N-ethyl adjacent to an activating group) is 1. The number of ketones is 1. The topological polar surface area (TPSA) is 66.8 Å². The first-order chi connectivity index (χ1) is 18.3. The first-order valence-corrected chi connectivity index (χ1v) is 13.7. The molecule has 3 heterocycles. The lowest BCUT2D eigenvalue weighted by molar-refractivity contribution is -0.112. The first-order valence-electron chi connectivity index (χ1n) is 12.3. The van der Waals surface area contributed by atoms with E-state index < -0.39 is 0 Å². The number of benzene rings is 3. The van der Waals surface area contributed by atoms with Crippen molar-refractivity contribution in [2.45, 2.75) is 24.4 Å². The van der Waals surface area contributed by atoms with E-state index in [0.717, 1.165) is 33.5 Å². The minimum absolute atomic E-state index is 0.0250. The average Bonchev–Trinajstić information content (AvgIpc) is 3.58. The van der Waals surface area contributed by atoms with Crippen LogP contribution in [0.15, 0.2) is 95.9 Å². The number of carbonyl (C=O) groups excluding carboxylic acids is 1. The number of nitrogens with one attached hydrogen (secondary N) is 1. The average molecular weight is 540 g/mol. The minimum Gasteiger partial charge on any atom is -0.360 e. The number of rotatable bonds is 6. The second-order valence-corrected chi connectivity index (χ2v) is 11.2. The molecule has 3 aromatic carbocycles. The summed E-state index contributed by atoms with van der Waals surface area (Å²) >= 11 is 7.56. The van der Waals surface area contributed by atoms with Gasteiger partial charge in [-0.25, -0.2) is 0 Å². The number of H-pyrrole nitrogens is 1. The van der Waals surface area contributed by atoms with E-state index in [0.29, 0.717) is 16.0 Å². The number of thioether (sulfide) groups is 1. The first kappa shape index (κ1) is 24.5. The number of aromatic nitrogens is 4. The van der Waals surface area contributed by atoms with Crippen molar-refractivity contribution in [2.24, 2.45) is 0 Å². The van der Waals surface area contributed by atoms with Crippen LogP contribution in [0.3, 0.4) is 0 Å². The summed E-state index contributed by atoms with van der Waals surface area (Å²) in [6, 6.07) is 23.9. The number of nitrogens with zero attached hydrogens (tertiary/aromatic N) is 4. The molecule has 1 aliphatic heterocycles.